The van der Waals surface area contributed by atoms with Crippen LogP contribution in [0.4, 0.5) is 5.69 Å². The van der Waals surface area contributed by atoms with Crippen LogP contribution in [0.15, 0.2) is 83.8 Å². The lowest BCUT2D eigenvalue weighted by Gasteiger charge is -2.28. The second kappa shape index (κ2) is 8.69. The number of amides is 1. The van der Waals surface area contributed by atoms with Crippen molar-refractivity contribution in [3.05, 3.63) is 90.0 Å². The maximum absolute atomic E-state index is 13.0. The van der Waals surface area contributed by atoms with Crippen molar-refractivity contribution in [2.45, 2.75) is 17.9 Å². The van der Waals surface area contributed by atoms with Gasteiger partial charge in [-0.25, -0.2) is 8.42 Å². The van der Waals surface area contributed by atoms with Crippen molar-refractivity contribution >= 4 is 21.6 Å². The minimum absolute atomic E-state index is 0.128. The molecular formula is C23H22N2O4S. The van der Waals surface area contributed by atoms with Crippen LogP contribution in [0.25, 0.3) is 0 Å². The van der Waals surface area contributed by atoms with E-state index < -0.39 is 10.0 Å². The summed E-state index contributed by atoms with van der Waals surface area (Å²) in [5.41, 5.74) is 2.74. The molecule has 0 atom stereocenters. The number of ether oxygens (including phenoxy) is 1. The molecule has 154 valence electrons. The molecule has 0 aromatic heterocycles. The number of sulfonamides is 1. The second-order valence-electron chi connectivity index (χ2n) is 7.03. The van der Waals surface area contributed by atoms with E-state index in [1.54, 1.807) is 24.3 Å². The molecule has 1 heterocycles. The minimum atomic E-state index is -3.60. The van der Waals surface area contributed by atoms with Gasteiger partial charge in [-0.2, -0.15) is 4.31 Å². The zero-order chi connectivity index (χ0) is 21.0. The van der Waals surface area contributed by atoms with Crippen molar-refractivity contribution in [1.82, 2.24) is 4.31 Å². The van der Waals surface area contributed by atoms with Gasteiger partial charge in [0, 0.05) is 18.8 Å². The Kier molecular flexibility index (Phi) is 5.83. The van der Waals surface area contributed by atoms with Gasteiger partial charge >= 0.3 is 0 Å². The predicted molar refractivity (Wildman–Crippen MR) is 115 cm³/mol. The fourth-order valence-electron chi connectivity index (χ4n) is 3.40. The van der Waals surface area contributed by atoms with Crippen LogP contribution in [-0.2, 0) is 27.8 Å². The number of hydrogen-bond acceptors (Lipinski definition) is 4. The molecule has 0 radical (unpaired) electrons. The zero-order valence-corrected chi connectivity index (χ0v) is 17.1. The monoisotopic (exact) mass is 422 g/mol. The summed E-state index contributed by atoms with van der Waals surface area (Å²) in [7, 11) is -3.60. The lowest BCUT2D eigenvalue weighted by Crippen LogP contribution is -2.35. The highest BCUT2D eigenvalue weighted by molar-refractivity contribution is 7.89. The summed E-state index contributed by atoms with van der Waals surface area (Å²) in [6.45, 7) is 0.694. The van der Waals surface area contributed by atoms with Crippen LogP contribution in [0.5, 0.6) is 5.75 Å². The van der Waals surface area contributed by atoms with Crippen LogP contribution in [-0.4, -0.2) is 31.8 Å². The highest BCUT2D eigenvalue weighted by Crippen LogP contribution is 2.25. The van der Waals surface area contributed by atoms with Crippen LogP contribution in [0.3, 0.4) is 0 Å². The number of carbonyl (C=O) groups is 1. The third kappa shape index (κ3) is 4.53. The molecule has 7 heteroatoms. The molecule has 30 heavy (non-hydrogen) atoms. The van der Waals surface area contributed by atoms with Gasteiger partial charge in [-0.3, -0.25) is 4.79 Å². The van der Waals surface area contributed by atoms with E-state index in [0.29, 0.717) is 30.9 Å². The van der Waals surface area contributed by atoms with Crippen molar-refractivity contribution in [3.8, 4) is 5.75 Å². The molecular weight excluding hydrogens is 400 g/mol. The summed E-state index contributed by atoms with van der Waals surface area (Å²) in [6, 6.07) is 23.2. The first-order valence-corrected chi connectivity index (χ1v) is 11.1. The summed E-state index contributed by atoms with van der Waals surface area (Å²) >= 11 is 0. The van der Waals surface area contributed by atoms with Gasteiger partial charge in [-0.05, 0) is 53.9 Å². The van der Waals surface area contributed by atoms with Gasteiger partial charge in [0.15, 0.2) is 6.61 Å². The fourth-order valence-corrected chi connectivity index (χ4v) is 4.82. The number of fused-ring (bicyclic) bond motifs is 1. The molecule has 0 saturated carbocycles. The molecule has 0 saturated heterocycles. The molecule has 1 aliphatic rings. The van der Waals surface area contributed by atoms with Gasteiger partial charge < -0.3 is 10.1 Å². The summed E-state index contributed by atoms with van der Waals surface area (Å²) < 4.78 is 32.9. The SMILES string of the molecule is O=C(COc1ccccc1)Nc1ccc(S(=O)(=O)N2CCc3ccccc3C2)cc1. The maximum Gasteiger partial charge on any atom is 0.262 e. The molecule has 0 unspecified atom stereocenters. The Morgan fingerprint density at radius 3 is 2.30 bits per heavy atom. The number of nitrogens with zero attached hydrogens (tertiary/aromatic N) is 1. The van der Waals surface area contributed by atoms with Crippen LogP contribution in [0.1, 0.15) is 11.1 Å². The molecule has 1 aliphatic heterocycles. The van der Waals surface area contributed by atoms with Crippen LogP contribution < -0.4 is 10.1 Å². The van der Waals surface area contributed by atoms with Crippen molar-refractivity contribution in [2.24, 2.45) is 0 Å². The molecule has 1 N–H and O–H groups in total. The van der Waals surface area contributed by atoms with Gasteiger partial charge in [-0.15, -0.1) is 0 Å². The van der Waals surface area contributed by atoms with Crippen molar-refractivity contribution in [3.63, 3.8) is 0 Å². The third-order valence-corrected chi connectivity index (χ3v) is 6.84. The van der Waals surface area contributed by atoms with E-state index >= 15 is 0 Å². The Hall–Kier alpha value is -3.16. The normalized spacial score (nSPS) is 14.0. The van der Waals surface area contributed by atoms with E-state index in [1.165, 1.54) is 22.0 Å². The van der Waals surface area contributed by atoms with E-state index in [2.05, 4.69) is 5.32 Å². The molecule has 3 aromatic carbocycles. The first kappa shape index (κ1) is 20.1. The average molecular weight is 423 g/mol. The summed E-state index contributed by atoms with van der Waals surface area (Å²) in [5, 5.41) is 2.71. The minimum Gasteiger partial charge on any atom is -0.484 e. The number of anilines is 1. The molecule has 4 rings (SSSR count). The molecule has 0 spiro atoms. The lowest BCUT2D eigenvalue weighted by atomic mass is 10.0. The van der Waals surface area contributed by atoms with Crippen molar-refractivity contribution < 1.29 is 17.9 Å². The maximum atomic E-state index is 13.0. The lowest BCUT2D eigenvalue weighted by molar-refractivity contribution is -0.118. The zero-order valence-electron chi connectivity index (χ0n) is 16.3. The second-order valence-corrected chi connectivity index (χ2v) is 8.97. The molecule has 0 fully saturated rings. The standard InChI is InChI=1S/C23H22N2O4S/c26-23(17-29-21-8-2-1-3-9-21)24-20-10-12-22(13-11-20)30(27,28)25-15-14-18-6-4-5-7-19(18)16-25/h1-13H,14-17H2,(H,24,26). The number of carbonyl (C=O) groups excluding carboxylic acids is 1. The van der Waals surface area contributed by atoms with Gasteiger partial charge in [-0.1, -0.05) is 42.5 Å². The summed E-state index contributed by atoms with van der Waals surface area (Å²) in [6.07, 6.45) is 0.699. The van der Waals surface area contributed by atoms with Gasteiger partial charge in [0.05, 0.1) is 4.90 Å². The smallest absolute Gasteiger partial charge is 0.262 e. The van der Waals surface area contributed by atoms with Gasteiger partial charge in [0.25, 0.3) is 5.91 Å². The number of nitrogens with one attached hydrogen (secondary N) is 1. The topological polar surface area (TPSA) is 75.7 Å². The Labute approximate surface area is 176 Å². The molecule has 3 aromatic rings. The first-order chi connectivity index (χ1) is 14.5. The quantitative estimate of drug-likeness (QED) is 0.660. The molecule has 0 aliphatic carbocycles. The van der Waals surface area contributed by atoms with Crippen molar-refractivity contribution in [2.75, 3.05) is 18.5 Å². The van der Waals surface area contributed by atoms with E-state index in [4.69, 9.17) is 4.74 Å². The van der Waals surface area contributed by atoms with Crippen LogP contribution in [0.2, 0.25) is 0 Å². The molecule has 0 bridgehead atoms. The number of rotatable bonds is 6. The first-order valence-electron chi connectivity index (χ1n) is 9.67. The number of benzene rings is 3. The van der Waals surface area contributed by atoms with Crippen LogP contribution in [0, 0.1) is 0 Å². The largest absolute Gasteiger partial charge is 0.484 e. The number of para-hydroxylation sites is 1. The third-order valence-electron chi connectivity index (χ3n) is 4.98. The Balaban J connectivity index is 1.38. The molecule has 6 nitrogen and oxygen atoms in total. The average Bonchev–Trinajstić information content (AvgIpc) is 2.78. The summed E-state index contributed by atoms with van der Waals surface area (Å²) in [5.74, 6) is 0.291. The fraction of sp³-hybridized carbons (Fsp3) is 0.174. The predicted octanol–water partition coefficient (Wildman–Crippen LogP) is 3.45. The van der Waals surface area contributed by atoms with Crippen molar-refractivity contribution in [1.29, 1.82) is 0 Å². The van der Waals surface area contributed by atoms with Crippen LogP contribution >= 0.6 is 0 Å². The highest BCUT2D eigenvalue weighted by Gasteiger charge is 2.28. The van der Waals surface area contributed by atoms with E-state index in [-0.39, 0.29) is 17.4 Å². The van der Waals surface area contributed by atoms with Gasteiger partial charge in [0.1, 0.15) is 5.75 Å². The Morgan fingerprint density at radius 1 is 0.900 bits per heavy atom. The Morgan fingerprint density at radius 2 is 1.57 bits per heavy atom. The van der Waals surface area contributed by atoms with E-state index in [1.807, 2.05) is 42.5 Å². The van der Waals surface area contributed by atoms with E-state index in [0.717, 1.165) is 5.56 Å². The van der Waals surface area contributed by atoms with Gasteiger partial charge in [0.2, 0.25) is 10.0 Å². The Bertz CT molecular complexity index is 1130. The van der Waals surface area contributed by atoms with E-state index in [9.17, 15) is 13.2 Å². The molecule has 1 amide bonds. The number of hydrogen-bond donors (Lipinski definition) is 1. The highest BCUT2D eigenvalue weighted by atomic mass is 32.2. The summed E-state index contributed by atoms with van der Waals surface area (Å²) in [4.78, 5) is 12.3.